The zero-order valence-corrected chi connectivity index (χ0v) is 41.4. The van der Waals surface area contributed by atoms with E-state index in [1.807, 2.05) is 24.3 Å². The number of phenols is 4. The molecule has 0 saturated carbocycles. The number of imide groups is 1. The Balaban J connectivity index is 0.000000143. The van der Waals surface area contributed by atoms with Crippen LogP contribution in [-0.2, 0) is 49.5 Å². The predicted octanol–water partition coefficient (Wildman–Crippen LogP) is 8.90. The first-order chi connectivity index (χ1) is 37.0. The predicted molar refractivity (Wildman–Crippen MR) is 270 cm³/mol. The normalized spacial score (nSPS) is 14.6. The monoisotopic (exact) mass is 1050 g/mol. The number of ketones is 1. The van der Waals surface area contributed by atoms with Gasteiger partial charge in [0.25, 0.3) is 11.8 Å². The molecule has 0 radical (unpaired) electrons. The molecule has 3 amide bonds. The molecule has 0 atom stereocenters. The van der Waals surface area contributed by atoms with Crippen LogP contribution in [0.3, 0.4) is 0 Å². The summed E-state index contributed by atoms with van der Waals surface area (Å²) in [6.45, 7) is 3.67. The highest BCUT2D eigenvalue weighted by Gasteiger charge is 2.55. The van der Waals surface area contributed by atoms with Gasteiger partial charge in [-0.2, -0.15) is 0 Å². The molecule has 77 heavy (non-hydrogen) atoms. The van der Waals surface area contributed by atoms with E-state index in [9.17, 15) is 54.0 Å². The molecule has 21 nitrogen and oxygen atoms in total. The Morgan fingerprint density at radius 3 is 1.40 bits per heavy atom. The standard InChI is InChI=1S/2C20H12O5.C10H18N4O2.C6H7NO4/c2*21-11-5-7-15-17(9-11)24-18-10-12(22)6-8-16(18)20(15)14-4-2-1-3-13(14)19(23)25-20;1-9(15)5-4-7-12-10(16)6-2-3-8-13-14-11;1-4(8)11-7-5(9)2-3-6(7)10/h2*1-10,21-22H;2-8H2,1H3,(H,12,16);2-3H2,1H3. The number of carbonyl (C=O) groups excluding carboxylic acids is 7. The van der Waals surface area contributed by atoms with Crippen LogP contribution < -0.4 is 14.8 Å². The number of esters is 2. The van der Waals surface area contributed by atoms with Crippen LogP contribution >= 0.6 is 0 Å². The molecule has 1 fully saturated rings. The van der Waals surface area contributed by atoms with Gasteiger partial charge in [-0.3, -0.25) is 14.4 Å². The van der Waals surface area contributed by atoms with Crippen molar-refractivity contribution in [3.8, 4) is 46.0 Å². The minimum Gasteiger partial charge on any atom is -0.508 e. The Morgan fingerprint density at radius 2 is 1.01 bits per heavy atom. The Hall–Kier alpha value is -9.88. The molecule has 2 spiro atoms. The van der Waals surface area contributed by atoms with Gasteiger partial charge in [0.1, 0.15) is 51.8 Å². The van der Waals surface area contributed by atoms with Crippen LogP contribution in [0.1, 0.15) is 113 Å². The summed E-state index contributed by atoms with van der Waals surface area (Å²) in [6.07, 6.45) is 3.36. The molecule has 0 aromatic heterocycles. The summed E-state index contributed by atoms with van der Waals surface area (Å²) in [5.74, 6) is -0.617. The van der Waals surface area contributed by atoms with Gasteiger partial charge in [-0.25, -0.2) is 14.4 Å². The molecule has 11 rings (SSSR count). The van der Waals surface area contributed by atoms with Crippen molar-refractivity contribution < 1.29 is 77.8 Å². The summed E-state index contributed by atoms with van der Waals surface area (Å²) in [5.41, 5.74) is 10.6. The third-order valence-electron chi connectivity index (χ3n) is 12.6. The molecule has 5 heterocycles. The molecule has 0 aliphatic carbocycles. The summed E-state index contributed by atoms with van der Waals surface area (Å²) < 4.78 is 23.6. The molecule has 6 aromatic rings. The van der Waals surface area contributed by atoms with Crippen LogP contribution in [0.4, 0.5) is 0 Å². The van der Waals surface area contributed by atoms with Crippen molar-refractivity contribution in [3.63, 3.8) is 0 Å². The first-order valence-electron chi connectivity index (χ1n) is 24.1. The minimum atomic E-state index is -1.17. The molecule has 6 aromatic carbocycles. The number of benzene rings is 6. The lowest BCUT2D eigenvalue weighted by Crippen LogP contribution is -2.32. The van der Waals surface area contributed by atoms with E-state index in [1.165, 1.54) is 55.5 Å². The fourth-order valence-electron chi connectivity index (χ4n) is 9.26. The van der Waals surface area contributed by atoms with Crippen LogP contribution in [0, 0.1) is 0 Å². The topological polar surface area (TPSA) is 311 Å². The minimum absolute atomic E-state index is 0.00973. The molecule has 5 aliphatic rings. The number of ether oxygens (including phenoxy) is 4. The fraction of sp³-hybridized carbons (Fsp3) is 0.232. The highest BCUT2D eigenvalue weighted by Crippen LogP contribution is 2.58. The molecular weight excluding hydrogens is 999 g/mol. The number of aromatic hydroxyl groups is 4. The Labute approximate surface area is 438 Å². The van der Waals surface area contributed by atoms with Gasteiger partial charge in [-0.15, -0.1) is 5.06 Å². The quantitative estimate of drug-likeness (QED) is 0.0213. The number of fused-ring (bicyclic) bond motifs is 12. The first-order valence-corrected chi connectivity index (χ1v) is 24.1. The number of nitrogens with zero attached hydrogens (tertiary/aromatic N) is 4. The number of carbonyl (C=O) groups is 7. The van der Waals surface area contributed by atoms with Gasteiger partial charge in [-0.1, -0.05) is 41.5 Å². The van der Waals surface area contributed by atoms with Gasteiger partial charge in [0, 0.05) is 108 Å². The maximum absolute atomic E-state index is 12.5. The van der Waals surface area contributed by atoms with E-state index >= 15 is 0 Å². The van der Waals surface area contributed by atoms with Crippen molar-refractivity contribution in [2.75, 3.05) is 13.1 Å². The highest BCUT2D eigenvalue weighted by molar-refractivity contribution is 6.01. The van der Waals surface area contributed by atoms with E-state index in [2.05, 4.69) is 20.2 Å². The van der Waals surface area contributed by atoms with E-state index in [1.54, 1.807) is 48.5 Å². The molecule has 21 heteroatoms. The van der Waals surface area contributed by atoms with Gasteiger partial charge in [0.2, 0.25) is 5.91 Å². The fourth-order valence-corrected chi connectivity index (χ4v) is 9.26. The number of unbranched alkanes of at least 4 members (excludes halogenated alkanes) is 1. The van der Waals surface area contributed by atoms with Gasteiger partial charge >= 0.3 is 17.9 Å². The summed E-state index contributed by atoms with van der Waals surface area (Å²) in [6, 6.07) is 33.2. The number of hydroxylamine groups is 2. The second-order valence-corrected chi connectivity index (χ2v) is 17.9. The molecule has 5 N–H and O–H groups in total. The number of azide groups is 1. The van der Waals surface area contributed by atoms with Gasteiger partial charge in [0.05, 0.1) is 11.1 Å². The number of Topliss-reactive ketones (excluding diaryl/α,β-unsaturated/α-hetero) is 1. The zero-order valence-electron chi connectivity index (χ0n) is 41.4. The SMILES string of the molecule is CC(=O)CCCNC(=O)CCCCN=[N+]=[N-].CC(=O)ON1C(=O)CCC1=O.O=C1OC2(c3ccc(O)cc3Oc3cc(O)ccc32)c2ccccc21.O=C1OC2(c3ccc(O)cc3Oc3cc(O)ccc32)c2ccccc21. The second-order valence-electron chi connectivity index (χ2n) is 17.9. The number of amides is 3. The van der Waals surface area contributed by atoms with Crippen molar-refractivity contribution in [2.24, 2.45) is 5.11 Å². The zero-order chi connectivity index (χ0) is 55.0. The summed E-state index contributed by atoms with van der Waals surface area (Å²) in [7, 11) is 0. The second kappa shape index (κ2) is 22.7. The average Bonchev–Trinajstić information content (AvgIpc) is 4.25. The van der Waals surface area contributed by atoms with Crippen LogP contribution in [0.15, 0.2) is 126 Å². The number of nitrogens with one attached hydrogen (secondary N) is 1. The van der Waals surface area contributed by atoms with Crippen LogP contribution in [-0.4, -0.2) is 80.0 Å². The number of rotatable bonds is 10. The molecule has 0 bridgehead atoms. The first kappa shape index (κ1) is 53.4. The number of hydrogen-bond donors (Lipinski definition) is 5. The smallest absolute Gasteiger partial charge is 0.340 e. The van der Waals surface area contributed by atoms with E-state index in [-0.39, 0.29) is 47.5 Å². The molecule has 1 saturated heterocycles. The lowest BCUT2D eigenvalue weighted by Gasteiger charge is -2.36. The lowest BCUT2D eigenvalue weighted by molar-refractivity contribution is -0.195. The molecular formula is C56H49N5O16. The summed E-state index contributed by atoms with van der Waals surface area (Å²) in [5, 5.41) is 46.0. The van der Waals surface area contributed by atoms with Crippen molar-refractivity contribution in [1.29, 1.82) is 0 Å². The van der Waals surface area contributed by atoms with Crippen molar-refractivity contribution in [3.05, 3.63) is 176 Å². The van der Waals surface area contributed by atoms with Crippen molar-refractivity contribution in [2.45, 2.75) is 70.0 Å². The largest absolute Gasteiger partial charge is 0.508 e. The summed E-state index contributed by atoms with van der Waals surface area (Å²) >= 11 is 0. The third-order valence-corrected chi connectivity index (χ3v) is 12.6. The van der Waals surface area contributed by atoms with Crippen molar-refractivity contribution >= 4 is 41.4 Å². The molecule has 394 valence electrons. The van der Waals surface area contributed by atoms with Crippen LogP contribution in [0.5, 0.6) is 46.0 Å². The van der Waals surface area contributed by atoms with Gasteiger partial charge < -0.3 is 54.3 Å². The number of phenolic OH excluding ortho intramolecular Hbond substituents is 4. The average molecular weight is 1050 g/mol. The maximum atomic E-state index is 12.5. The highest BCUT2D eigenvalue weighted by atomic mass is 16.7. The van der Waals surface area contributed by atoms with E-state index in [0.717, 1.165) is 19.8 Å². The Morgan fingerprint density at radius 1 is 0.597 bits per heavy atom. The van der Waals surface area contributed by atoms with E-state index in [0.29, 0.717) is 105 Å². The summed E-state index contributed by atoms with van der Waals surface area (Å²) in [4.78, 5) is 85.7. The van der Waals surface area contributed by atoms with Crippen LogP contribution in [0.25, 0.3) is 10.4 Å². The maximum Gasteiger partial charge on any atom is 0.340 e. The Kier molecular flexibility index (Phi) is 15.8. The molecule has 5 aliphatic heterocycles. The van der Waals surface area contributed by atoms with Crippen LogP contribution in [0.2, 0.25) is 0 Å². The lowest BCUT2D eigenvalue weighted by atomic mass is 9.77. The van der Waals surface area contributed by atoms with E-state index < -0.39 is 40.9 Å². The molecule has 0 unspecified atom stereocenters. The number of hydrogen-bond acceptors (Lipinski definition) is 17. The van der Waals surface area contributed by atoms with E-state index in [4.69, 9.17) is 24.5 Å². The van der Waals surface area contributed by atoms with Gasteiger partial charge in [0.15, 0.2) is 11.2 Å². The van der Waals surface area contributed by atoms with Gasteiger partial charge in [-0.05, 0) is 92.4 Å². The Bertz CT molecular complexity index is 3100. The van der Waals surface area contributed by atoms with Crippen molar-refractivity contribution in [1.82, 2.24) is 10.4 Å². The third kappa shape index (κ3) is 11.0.